The molecule has 1 aromatic heterocycles. The van der Waals surface area contributed by atoms with E-state index in [1.54, 1.807) is 0 Å². The number of anilines is 1. The third kappa shape index (κ3) is 4.07. The first-order valence-electron chi connectivity index (χ1n) is 9.83. The van der Waals surface area contributed by atoms with E-state index in [4.69, 9.17) is 4.98 Å². The largest absolute Gasteiger partial charge is 0.347 e. The van der Waals surface area contributed by atoms with Crippen LogP contribution in [-0.4, -0.2) is 42.1 Å². The summed E-state index contributed by atoms with van der Waals surface area (Å²) in [5.74, 6) is 0. The van der Waals surface area contributed by atoms with Crippen LogP contribution in [0, 0.1) is 0 Å². The summed E-state index contributed by atoms with van der Waals surface area (Å²) in [6, 6.07) is 21.8. The highest BCUT2D eigenvalue weighted by Gasteiger charge is 2.22. The molecule has 0 aliphatic carbocycles. The quantitative estimate of drug-likeness (QED) is 0.607. The van der Waals surface area contributed by atoms with Gasteiger partial charge in [-0.3, -0.25) is 4.90 Å². The Labute approximate surface area is 166 Å². The predicted octanol–water partition coefficient (Wildman–Crippen LogP) is 5.40. The molecule has 1 aliphatic rings. The Balaban J connectivity index is 1.69. The van der Waals surface area contributed by atoms with Crippen molar-refractivity contribution in [2.75, 3.05) is 31.1 Å². The van der Waals surface area contributed by atoms with Crippen molar-refractivity contribution in [3.05, 3.63) is 60.7 Å². The normalized spacial score (nSPS) is 15.9. The molecule has 0 bridgehead atoms. The Morgan fingerprint density at radius 2 is 1.48 bits per heavy atom. The van der Waals surface area contributed by atoms with Crippen LogP contribution in [0.15, 0.2) is 60.7 Å². The molecule has 2 heterocycles. The van der Waals surface area contributed by atoms with Crippen LogP contribution < -0.4 is 4.90 Å². The molecule has 0 N–H and O–H groups in total. The Bertz CT molecular complexity index is 801. The van der Waals surface area contributed by atoms with Gasteiger partial charge in [-0.05, 0) is 25.8 Å². The average molecular weight is 378 g/mol. The molecule has 3 aromatic rings. The lowest BCUT2D eigenvalue weighted by Crippen LogP contribution is -2.35. The maximum Gasteiger partial charge on any atom is 0.186 e. The van der Waals surface area contributed by atoms with Gasteiger partial charge in [0.25, 0.3) is 0 Å². The van der Waals surface area contributed by atoms with Gasteiger partial charge in [-0.15, -0.1) is 0 Å². The second-order valence-corrected chi connectivity index (χ2v) is 8.35. The van der Waals surface area contributed by atoms with E-state index in [-0.39, 0.29) is 0 Å². The lowest BCUT2D eigenvalue weighted by atomic mass is 10.1. The Morgan fingerprint density at radius 1 is 0.815 bits per heavy atom. The van der Waals surface area contributed by atoms with Crippen molar-refractivity contribution >= 4 is 16.5 Å². The zero-order valence-electron chi connectivity index (χ0n) is 16.1. The van der Waals surface area contributed by atoms with Crippen LogP contribution in [0.5, 0.6) is 0 Å². The molecular formula is C23H27N3S. The van der Waals surface area contributed by atoms with Gasteiger partial charge in [-0.2, -0.15) is 0 Å². The first-order chi connectivity index (χ1) is 13.2. The minimum Gasteiger partial charge on any atom is -0.347 e. The van der Waals surface area contributed by atoms with Crippen molar-refractivity contribution in [3.63, 3.8) is 0 Å². The summed E-state index contributed by atoms with van der Waals surface area (Å²) in [4.78, 5) is 11.4. The van der Waals surface area contributed by atoms with Crippen molar-refractivity contribution in [1.29, 1.82) is 0 Å². The summed E-state index contributed by atoms with van der Waals surface area (Å²) in [5, 5.41) is 1.15. The smallest absolute Gasteiger partial charge is 0.186 e. The number of thiazole rings is 1. The van der Waals surface area contributed by atoms with E-state index in [1.807, 2.05) is 11.3 Å². The molecule has 27 heavy (non-hydrogen) atoms. The Hall–Kier alpha value is -2.17. The number of aromatic nitrogens is 1. The van der Waals surface area contributed by atoms with Gasteiger partial charge in [-0.1, -0.05) is 72.0 Å². The molecule has 1 fully saturated rings. The van der Waals surface area contributed by atoms with Crippen LogP contribution in [0.3, 0.4) is 0 Å². The molecule has 0 amide bonds. The van der Waals surface area contributed by atoms with Gasteiger partial charge in [0, 0.05) is 37.8 Å². The molecule has 0 saturated carbocycles. The van der Waals surface area contributed by atoms with Crippen molar-refractivity contribution in [2.45, 2.75) is 26.3 Å². The van der Waals surface area contributed by atoms with Crippen molar-refractivity contribution in [3.8, 4) is 21.7 Å². The fourth-order valence-corrected chi connectivity index (χ4v) is 4.81. The summed E-state index contributed by atoms with van der Waals surface area (Å²) < 4.78 is 0. The van der Waals surface area contributed by atoms with Crippen LogP contribution in [0.1, 0.15) is 20.3 Å². The summed E-state index contributed by atoms with van der Waals surface area (Å²) in [5.41, 5.74) is 3.54. The van der Waals surface area contributed by atoms with E-state index in [9.17, 15) is 0 Å². The third-order valence-electron chi connectivity index (χ3n) is 5.23. The van der Waals surface area contributed by atoms with Crippen molar-refractivity contribution < 1.29 is 0 Å². The van der Waals surface area contributed by atoms with E-state index in [0.717, 1.165) is 30.5 Å². The average Bonchev–Trinajstić information content (AvgIpc) is 3.00. The highest BCUT2D eigenvalue weighted by Crippen LogP contribution is 2.40. The predicted molar refractivity (Wildman–Crippen MR) is 117 cm³/mol. The summed E-state index contributed by atoms with van der Waals surface area (Å²) in [7, 11) is 0. The van der Waals surface area contributed by atoms with Gasteiger partial charge in [0.15, 0.2) is 5.13 Å². The van der Waals surface area contributed by atoms with Crippen molar-refractivity contribution in [2.24, 2.45) is 0 Å². The molecule has 0 atom stereocenters. The van der Waals surface area contributed by atoms with E-state index in [0.29, 0.717) is 6.04 Å². The number of nitrogens with zero attached hydrogens (tertiary/aromatic N) is 3. The van der Waals surface area contributed by atoms with Crippen LogP contribution in [-0.2, 0) is 0 Å². The Kier molecular flexibility index (Phi) is 5.55. The maximum atomic E-state index is 5.12. The first kappa shape index (κ1) is 18.2. The molecule has 0 radical (unpaired) electrons. The van der Waals surface area contributed by atoms with Crippen LogP contribution >= 0.6 is 11.3 Å². The van der Waals surface area contributed by atoms with Crippen LogP contribution in [0.4, 0.5) is 5.13 Å². The second-order valence-electron chi connectivity index (χ2n) is 7.38. The third-order valence-corrected chi connectivity index (χ3v) is 6.40. The van der Waals surface area contributed by atoms with E-state index >= 15 is 0 Å². The minimum atomic E-state index is 0.612. The molecule has 1 aliphatic heterocycles. The molecule has 1 saturated heterocycles. The van der Waals surface area contributed by atoms with Gasteiger partial charge >= 0.3 is 0 Å². The monoisotopic (exact) mass is 377 g/mol. The van der Waals surface area contributed by atoms with Gasteiger partial charge < -0.3 is 4.90 Å². The zero-order valence-corrected chi connectivity index (χ0v) is 17.0. The van der Waals surface area contributed by atoms with E-state index in [2.05, 4.69) is 84.3 Å². The molecule has 2 aromatic carbocycles. The molecule has 0 unspecified atom stereocenters. The summed E-state index contributed by atoms with van der Waals surface area (Å²) in [6.07, 6.45) is 1.19. The standard InChI is InChI=1S/C23H27N3S/c1-18(2)25-14-9-15-26(17-16-25)23-24-21(19-10-5-3-6-11-19)22(27-23)20-12-7-4-8-13-20/h3-8,10-13,18H,9,14-17H2,1-2H3. The number of benzene rings is 2. The fraction of sp³-hybridized carbons (Fsp3) is 0.348. The zero-order chi connectivity index (χ0) is 18.6. The van der Waals surface area contributed by atoms with Gasteiger partial charge in [0.05, 0.1) is 10.6 Å². The highest BCUT2D eigenvalue weighted by atomic mass is 32.1. The Morgan fingerprint density at radius 3 is 2.15 bits per heavy atom. The lowest BCUT2D eigenvalue weighted by Gasteiger charge is -2.24. The minimum absolute atomic E-state index is 0.612. The maximum absolute atomic E-state index is 5.12. The van der Waals surface area contributed by atoms with Gasteiger partial charge in [0.2, 0.25) is 0 Å². The van der Waals surface area contributed by atoms with Crippen LogP contribution in [0.2, 0.25) is 0 Å². The molecule has 4 heteroatoms. The second kappa shape index (κ2) is 8.24. The summed E-state index contributed by atoms with van der Waals surface area (Å²) in [6.45, 7) is 9.00. The molecular weight excluding hydrogens is 350 g/mol. The summed E-state index contributed by atoms with van der Waals surface area (Å²) >= 11 is 1.83. The topological polar surface area (TPSA) is 19.4 Å². The molecule has 0 spiro atoms. The number of hydrogen-bond donors (Lipinski definition) is 0. The van der Waals surface area contributed by atoms with Gasteiger partial charge in [-0.25, -0.2) is 4.98 Å². The lowest BCUT2D eigenvalue weighted by molar-refractivity contribution is 0.238. The SMILES string of the molecule is CC(C)N1CCCN(c2nc(-c3ccccc3)c(-c3ccccc3)s2)CC1. The number of rotatable bonds is 4. The van der Waals surface area contributed by atoms with Crippen molar-refractivity contribution in [1.82, 2.24) is 9.88 Å². The van der Waals surface area contributed by atoms with E-state index < -0.39 is 0 Å². The molecule has 140 valence electrons. The molecule has 3 nitrogen and oxygen atoms in total. The van der Waals surface area contributed by atoms with E-state index in [1.165, 1.54) is 29.0 Å². The van der Waals surface area contributed by atoms with Crippen LogP contribution in [0.25, 0.3) is 21.7 Å². The highest BCUT2D eigenvalue weighted by molar-refractivity contribution is 7.19. The number of hydrogen-bond acceptors (Lipinski definition) is 4. The van der Waals surface area contributed by atoms with Gasteiger partial charge in [0.1, 0.15) is 0 Å². The molecule has 4 rings (SSSR count). The first-order valence-corrected chi connectivity index (χ1v) is 10.6. The fourth-order valence-electron chi connectivity index (χ4n) is 3.67.